The molecule has 0 aliphatic carbocycles. The number of likely N-dealkylation sites (N-methyl/N-ethyl adjacent to an activating group) is 1. The molecule has 1 aliphatic rings. The highest BCUT2D eigenvalue weighted by Gasteiger charge is 2.27. The van der Waals surface area contributed by atoms with Crippen LogP contribution in [0.15, 0.2) is 22.7 Å². The Bertz CT molecular complexity index is 461. The smallest absolute Gasteiger partial charge is 0.0428 e. The zero-order chi connectivity index (χ0) is 15.4. The molecule has 0 radical (unpaired) electrons. The van der Waals surface area contributed by atoms with Crippen molar-refractivity contribution in [3.05, 3.63) is 28.2 Å². The number of nitrogens with zero attached hydrogens (tertiary/aromatic N) is 2. The largest absolute Gasteiger partial charge is 0.367 e. The summed E-state index contributed by atoms with van der Waals surface area (Å²) in [5, 5.41) is 3.55. The highest BCUT2D eigenvalue weighted by Crippen LogP contribution is 2.34. The molecule has 1 aromatic rings. The standard InChI is InChI=1S/C17H28BrN3/c1-5-19-13(2)16-9-8-14(18)11-17(16)21-10-6-7-15(21)12-20(3)4/h8-9,11,13,15,19H,5-7,10,12H2,1-4H3. The molecule has 2 rings (SSSR count). The molecule has 0 amide bonds. The lowest BCUT2D eigenvalue weighted by Gasteiger charge is -2.32. The van der Waals surface area contributed by atoms with Gasteiger partial charge < -0.3 is 15.1 Å². The maximum absolute atomic E-state index is 3.64. The number of hydrogen-bond acceptors (Lipinski definition) is 3. The predicted octanol–water partition coefficient (Wildman–Crippen LogP) is 3.65. The third-order valence-corrected chi connectivity index (χ3v) is 4.73. The first-order chi connectivity index (χ1) is 10.0. The average Bonchev–Trinajstić information content (AvgIpc) is 2.86. The molecule has 0 spiro atoms. The van der Waals surface area contributed by atoms with E-state index in [9.17, 15) is 0 Å². The summed E-state index contributed by atoms with van der Waals surface area (Å²) in [6, 6.07) is 7.72. The summed E-state index contributed by atoms with van der Waals surface area (Å²) in [5.74, 6) is 0. The van der Waals surface area contributed by atoms with Crippen LogP contribution in [0.4, 0.5) is 5.69 Å². The van der Waals surface area contributed by atoms with Gasteiger partial charge in [-0.05, 0) is 58.1 Å². The highest BCUT2D eigenvalue weighted by molar-refractivity contribution is 9.10. The molecule has 2 atom stereocenters. The molecule has 1 aliphatic heterocycles. The molecular weight excluding hydrogens is 326 g/mol. The number of anilines is 1. The van der Waals surface area contributed by atoms with Crippen LogP contribution in [0.1, 0.15) is 38.3 Å². The second-order valence-corrected chi connectivity index (χ2v) is 7.15. The van der Waals surface area contributed by atoms with E-state index < -0.39 is 0 Å². The van der Waals surface area contributed by atoms with Gasteiger partial charge in [-0.1, -0.05) is 28.9 Å². The minimum Gasteiger partial charge on any atom is -0.367 e. The second kappa shape index (κ2) is 7.61. The zero-order valence-electron chi connectivity index (χ0n) is 13.7. The van der Waals surface area contributed by atoms with Crippen LogP contribution in [0.2, 0.25) is 0 Å². The highest BCUT2D eigenvalue weighted by atomic mass is 79.9. The van der Waals surface area contributed by atoms with Crippen LogP contribution in [-0.2, 0) is 0 Å². The van der Waals surface area contributed by atoms with Crippen molar-refractivity contribution in [3.8, 4) is 0 Å². The Balaban J connectivity index is 2.30. The maximum atomic E-state index is 3.64. The fourth-order valence-corrected chi connectivity index (χ4v) is 3.66. The molecule has 1 fully saturated rings. The molecular formula is C17H28BrN3. The van der Waals surface area contributed by atoms with E-state index in [0.717, 1.165) is 13.1 Å². The quantitative estimate of drug-likeness (QED) is 0.841. The van der Waals surface area contributed by atoms with Crippen LogP contribution in [0, 0.1) is 0 Å². The first-order valence-corrected chi connectivity index (χ1v) is 8.76. The minimum atomic E-state index is 0.388. The molecule has 2 unspecified atom stereocenters. The van der Waals surface area contributed by atoms with E-state index in [1.165, 1.54) is 35.1 Å². The van der Waals surface area contributed by atoms with E-state index in [-0.39, 0.29) is 0 Å². The van der Waals surface area contributed by atoms with Gasteiger partial charge in [0.25, 0.3) is 0 Å². The van der Waals surface area contributed by atoms with Crippen molar-refractivity contribution in [2.24, 2.45) is 0 Å². The minimum absolute atomic E-state index is 0.388. The Kier molecular flexibility index (Phi) is 6.08. The summed E-state index contributed by atoms with van der Waals surface area (Å²) in [6.45, 7) is 7.72. The normalized spacial score (nSPS) is 20.3. The van der Waals surface area contributed by atoms with Gasteiger partial charge in [-0.25, -0.2) is 0 Å². The SMILES string of the molecule is CCNC(C)c1ccc(Br)cc1N1CCCC1CN(C)C. The van der Waals surface area contributed by atoms with Crippen molar-refractivity contribution < 1.29 is 0 Å². The summed E-state index contributed by atoms with van der Waals surface area (Å²) >= 11 is 3.64. The van der Waals surface area contributed by atoms with Crippen LogP contribution >= 0.6 is 15.9 Å². The van der Waals surface area contributed by atoms with Crippen LogP contribution in [0.3, 0.4) is 0 Å². The second-order valence-electron chi connectivity index (χ2n) is 6.23. The van der Waals surface area contributed by atoms with Gasteiger partial charge in [-0.15, -0.1) is 0 Å². The van der Waals surface area contributed by atoms with Crippen LogP contribution in [0.5, 0.6) is 0 Å². The van der Waals surface area contributed by atoms with Crippen molar-refractivity contribution in [3.63, 3.8) is 0 Å². The number of hydrogen-bond donors (Lipinski definition) is 1. The number of halogens is 1. The Hall–Kier alpha value is -0.580. The molecule has 4 heteroatoms. The summed E-state index contributed by atoms with van der Waals surface area (Å²) in [5.41, 5.74) is 2.80. The molecule has 1 saturated heterocycles. The Morgan fingerprint density at radius 1 is 1.43 bits per heavy atom. The van der Waals surface area contributed by atoms with Crippen molar-refractivity contribution in [2.75, 3.05) is 38.6 Å². The van der Waals surface area contributed by atoms with Gasteiger partial charge in [0.05, 0.1) is 0 Å². The number of benzene rings is 1. The van der Waals surface area contributed by atoms with E-state index in [1.807, 2.05) is 0 Å². The van der Waals surface area contributed by atoms with Crippen LogP contribution in [-0.4, -0.2) is 44.7 Å². The molecule has 118 valence electrons. The number of nitrogens with one attached hydrogen (secondary N) is 1. The van der Waals surface area contributed by atoms with E-state index in [2.05, 4.69) is 77.2 Å². The first kappa shape index (κ1) is 16.8. The molecule has 0 bridgehead atoms. The van der Waals surface area contributed by atoms with Crippen molar-refractivity contribution in [2.45, 2.75) is 38.8 Å². The van der Waals surface area contributed by atoms with Crippen LogP contribution in [0.25, 0.3) is 0 Å². The van der Waals surface area contributed by atoms with Gasteiger partial charge in [-0.3, -0.25) is 0 Å². The van der Waals surface area contributed by atoms with Gasteiger partial charge in [-0.2, -0.15) is 0 Å². The van der Waals surface area contributed by atoms with E-state index in [1.54, 1.807) is 0 Å². The average molecular weight is 354 g/mol. The molecule has 1 N–H and O–H groups in total. The van der Waals surface area contributed by atoms with Crippen molar-refractivity contribution in [1.29, 1.82) is 0 Å². The lowest BCUT2D eigenvalue weighted by Crippen LogP contribution is -2.38. The molecule has 1 aromatic carbocycles. The summed E-state index contributed by atoms with van der Waals surface area (Å²) in [7, 11) is 4.33. The molecule has 0 aromatic heterocycles. The first-order valence-electron chi connectivity index (χ1n) is 7.97. The van der Waals surface area contributed by atoms with Gasteiger partial charge in [0.2, 0.25) is 0 Å². The van der Waals surface area contributed by atoms with Gasteiger partial charge in [0.15, 0.2) is 0 Å². The lowest BCUT2D eigenvalue weighted by atomic mass is 10.0. The number of rotatable bonds is 6. The van der Waals surface area contributed by atoms with Crippen LogP contribution < -0.4 is 10.2 Å². The Labute approximate surface area is 137 Å². The topological polar surface area (TPSA) is 18.5 Å². The summed E-state index contributed by atoms with van der Waals surface area (Å²) in [4.78, 5) is 4.91. The summed E-state index contributed by atoms with van der Waals surface area (Å²) < 4.78 is 1.17. The fourth-order valence-electron chi connectivity index (χ4n) is 3.31. The van der Waals surface area contributed by atoms with E-state index in [0.29, 0.717) is 12.1 Å². The van der Waals surface area contributed by atoms with E-state index >= 15 is 0 Å². The summed E-state index contributed by atoms with van der Waals surface area (Å²) in [6.07, 6.45) is 2.58. The maximum Gasteiger partial charge on any atom is 0.0428 e. The Morgan fingerprint density at radius 3 is 2.86 bits per heavy atom. The Morgan fingerprint density at radius 2 is 2.19 bits per heavy atom. The monoisotopic (exact) mass is 353 g/mol. The van der Waals surface area contributed by atoms with E-state index in [4.69, 9.17) is 0 Å². The molecule has 3 nitrogen and oxygen atoms in total. The third-order valence-electron chi connectivity index (χ3n) is 4.23. The molecule has 1 heterocycles. The molecule has 21 heavy (non-hydrogen) atoms. The fraction of sp³-hybridized carbons (Fsp3) is 0.647. The lowest BCUT2D eigenvalue weighted by molar-refractivity contribution is 0.372. The van der Waals surface area contributed by atoms with Crippen molar-refractivity contribution in [1.82, 2.24) is 10.2 Å². The van der Waals surface area contributed by atoms with Gasteiger partial charge in [0.1, 0.15) is 0 Å². The zero-order valence-corrected chi connectivity index (χ0v) is 15.3. The molecule has 0 saturated carbocycles. The predicted molar refractivity (Wildman–Crippen MR) is 95.2 cm³/mol. The van der Waals surface area contributed by atoms with Gasteiger partial charge >= 0.3 is 0 Å². The van der Waals surface area contributed by atoms with Gasteiger partial charge in [0, 0.05) is 35.3 Å². The van der Waals surface area contributed by atoms with Crippen molar-refractivity contribution >= 4 is 21.6 Å². The third kappa shape index (κ3) is 4.21.